The first-order valence-corrected chi connectivity index (χ1v) is 8.83. The Morgan fingerprint density at radius 3 is 2.68 bits per heavy atom. The molecule has 0 spiro atoms. The van der Waals surface area contributed by atoms with Crippen LogP contribution in [0.5, 0.6) is 0 Å². The second-order valence-electron chi connectivity index (χ2n) is 4.76. The Hall–Kier alpha value is -1.75. The van der Waals surface area contributed by atoms with E-state index < -0.39 is 0 Å². The lowest BCUT2D eigenvalue weighted by Gasteiger charge is -2.03. The molecule has 0 fully saturated rings. The number of fused-ring (bicyclic) bond motifs is 1. The van der Waals surface area contributed by atoms with E-state index in [9.17, 15) is 0 Å². The van der Waals surface area contributed by atoms with Crippen molar-refractivity contribution in [2.75, 3.05) is 0 Å². The Morgan fingerprint density at radius 2 is 1.91 bits per heavy atom. The van der Waals surface area contributed by atoms with Crippen molar-refractivity contribution in [3.05, 3.63) is 65.1 Å². The molecule has 2 nitrogen and oxygen atoms in total. The minimum absolute atomic E-state index is 0.753. The largest absolute Gasteiger partial charge is 0.338 e. The maximum absolute atomic E-state index is 5.98. The molecule has 0 radical (unpaired) electrons. The number of nitrogens with one attached hydrogen (secondary N) is 1. The topological polar surface area (TPSA) is 28.7 Å². The standard InChI is InChI=1S/C17H11ClN2S2/c18-11-5-7-12(8-6-11)22-16-13-3-1-9-19-17(13)20-15(16)14-4-2-10-21-14/h1-10H,(H,19,20). The molecule has 108 valence electrons. The van der Waals surface area contributed by atoms with Gasteiger partial charge in [0.25, 0.3) is 0 Å². The van der Waals surface area contributed by atoms with E-state index in [2.05, 4.69) is 33.5 Å². The van der Waals surface area contributed by atoms with E-state index in [-0.39, 0.29) is 0 Å². The van der Waals surface area contributed by atoms with Crippen molar-refractivity contribution in [3.8, 4) is 10.6 Å². The summed E-state index contributed by atoms with van der Waals surface area (Å²) in [4.78, 5) is 11.5. The minimum atomic E-state index is 0.753. The number of pyridine rings is 1. The average molecular weight is 343 g/mol. The molecule has 0 aliphatic rings. The van der Waals surface area contributed by atoms with Gasteiger partial charge in [0, 0.05) is 26.4 Å². The molecule has 0 saturated heterocycles. The molecule has 1 aromatic carbocycles. The fourth-order valence-corrected chi connectivity index (χ4v) is 4.29. The highest BCUT2D eigenvalue weighted by Crippen LogP contribution is 2.42. The Morgan fingerprint density at radius 1 is 1.05 bits per heavy atom. The zero-order valence-electron chi connectivity index (χ0n) is 11.4. The fourth-order valence-electron chi connectivity index (χ4n) is 2.32. The molecule has 3 aromatic heterocycles. The maximum atomic E-state index is 5.98. The highest BCUT2D eigenvalue weighted by atomic mass is 35.5. The number of nitrogens with zero attached hydrogens (tertiary/aromatic N) is 1. The smallest absolute Gasteiger partial charge is 0.138 e. The summed E-state index contributed by atoms with van der Waals surface area (Å²) in [7, 11) is 0. The van der Waals surface area contributed by atoms with Crippen LogP contribution in [0.15, 0.2) is 69.9 Å². The first-order chi connectivity index (χ1) is 10.8. The number of aromatic amines is 1. The molecule has 0 aliphatic heterocycles. The third kappa shape index (κ3) is 2.54. The van der Waals surface area contributed by atoms with Crippen LogP contribution < -0.4 is 0 Å². The summed E-state index contributed by atoms with van der Waals surface area (Å²) < 4.78 is 0. The zero-order chi connectivity index (χ0) is 14.9. The van der Waals surface area contributed by atoms with Gasteiger partial charge in [-0.1, -0.05) is 29.4 Å². The second-order valence-corrected chi connectivity index (χ2v) is 7.23. The van der Waals surface area contributed by atoms with Gasteiger partial charge in [0.2, 0.25) is 0 Å². The summed E-state index contributed by atoms with van der Waals surface area (Å²) in [5.41, 5.74) is 2.05. The van der Waals surface area contributed by atoms with Crippen LogP contribution in [0.25, 0.3) is 21.6 Å². The minimum Gasteiger partial charge on any atom is -0.338 e. The molecule has 22 heavy (non-hydrogen) atoms. The van der Waals surface area contributed by atoms with Crippen molar-refractivity contribution in [2.45, 2.75) is 9.79 Å². The van der Waals surface area contributed by atoms with E-state index in [1.807, 2.05) is 36.5 Å². The molecule has 0 atom stereocenters. The fraction of sp³-hybridized carbons (Fsp3) is 0. The lowest BCUT2D eigenvalue weighted by atomic mass is 10.3. The number of thiophene rings is 1. The Labute approximate surface area is 141 Å². The molecule has 0 bridgehead atoms. The number of benzene rings is 1. The van der Waals surface area contributed by atoms with Gasteiger partial charge in [0.1, 0.15) is 5.65 Å². The van der Waals surface area contributed by atoms with Gasteiger partial charge >= 0.3 is 0 Å². The summed E-state index contributed by atoms with van der Waals surface area (Å²) in [6.07, 6.45) is 1.81. The number of aromatic nitrogens is 2. The number of hydrogen-bond acceptors (Lipinski definition) is 3. The normalized spacial score (nSPS) is 11.1. The molecule has 0 aliphatic carbocycles. The van der Waals surface area contributed by atoms with Gasteiger partial charge in [-0.25, -0.2) is 4.98 Å². The highest BCUT2D eigenvalue weighted by molar-refractivity contribution is 7.99. The van der Waals surface area contributed by atoms with E-state index in [0.717, 1.165) is 26.6 Å². The summed E-state index contributed by atoms with van der Waals surface area (Å²) in [6.45, 7) is 0. The van der Waals surface area contributed by atoms with Gasteiger partial charge in [-0.3, -0.25) is 0 Å². The van der Waals surface area contributed by atoms with E-state index in [4.69, 9.17) is 11.6 Å². The van der Waals surface area contributed by atoms with Crippen molar-refractivity contribution in [2.24, 2.45) is 0 Å². The van der Waals surface area contributed by atoms with Crippen molar-refractivity contribution in [1.29, 1.82) is 0 Å². The lowest BCUT2D eigenvalue weighted by Crippen LogP contribution is -1.77. The van der Waals surface area contributed by atoms with Crippen LogP contribution in [0.3, 0.4) is 0 Å². The molecule has 4 aromatic rings. The summed E-state index contributed by atoms with van der Waals surface area (Å²) in [6, 6.07) is 16.2. The molecule has 5 heteroatoms. The van der Waals surface area contributed by atoms with E-state index >= 15 is 0 Å². The van der Waals surface area contributed by atoms with Gasteiger partial charge in [-0.2, -0.15) is 0 Å². The van der Waals surface area contributed by atoms with Gasteiger partial charge in [0.15, 0.2) is 0 Å². The van der Waals surface area contributed by atoms with E-state index in [1.54, 1.807) is 23.1 Å². The van der Waals surface area contributed by atoms with Gasteiger partial charge in [-0.15, -0.1) is 11.3 Å². The van der Waals surface area contributed by atoms with Crippen molar-refractivity contribution in [1.82, 2.24) is 9.97 Å². The molecule has 4 rings (SSSR count). The van der Waals surface area contributed by atoms with Gasteiger partial charge < -0.3 is 4.98 Å². The SMILES string of the molecule is Clc1ccc(Sc2c(-c3cccs3)[nH]c3ncccc23)cc1. The van der Waals surface area contributed by atoms with Crippen molar-refractivity contribution < 1.29 is 0 Å². The monoisotopic (exact) mass is 342 g/mol. The van der Waals surface area contributed by atoms with Crippen LogP contribution >= 0.6 is 34.7 Å². The zero-order valence-corrected chi connectivity index (χ0v) is 13.8. The Bertz CT molecular complexity index is 912. The first-order valence-electron chi connectivity index (χ1n) is 6.75. The van der Waals surface area contributed by atoms with Crippen LogP contribution in [0.4, 0.5) is 0 Å². The number of rotatable bonds is 3. The Kier molecular flexibility index (Phi) is 3.66. The first kappa shape index (κ1) is 13.9. The number of hydrogen-bond donors (Lipinski definition) is 1. The lowest BCUT2D eigenvalue weighted by molar-refractivity contribution is 1.32. The third-order valence-electron chi connectivity index (χ3n) is 3.32. The van der Waals surface area contributed by atoms with Crippen LogP contribution in [-0.4, -0.2) is 9.97 Å². The van der Waals surface area contributed by atoms with Gasteiger partial charge in [0.05, 0.1) is 10.6 Å². The number of halogens is 1. The quantitative estimate of drug-likeness (QED) is 0.487. The highest BCUT2D eigenvalue weighted by Gasteiger charge is 2.15. The molecule has 3 heterocycles. The predicted octanol–water partition coefficient (Wildman–Crippen LogP) is 6.10. The van der Waals surface area contributed by atoms with Crippen LogP contribution in [-0.2, 0) is 0 Å². The predicted molar refractivity (Wildman–Crippen MR) is 95.0 cm³/mol. The second kappa shape index (κ2) is 5.80. The molecule has 0 unspecified atom stereocenters. The third-order valence-corrected chi connectivity index (χ3v) is 5.60. The average Bonchev–Trinajstić information content (AvgIpc) is 3.18. The van der Waals surface area contributed by atoms with Crippen LogP contribution in [0.1, 0.15) is 0 Å². The molecule has 0 amide bonds. The van der Waals surface area contributed by atoms with E-state index in [0.29, 0.717) is 0 Å². The maximum Gasteiger partial charge on any atom is 0.138 e. The van der Waals surface area contributed by atoms with E-state index in [1.165, 1.54) is 9.77 Å². The van der Waals surface area contributed by atoms with Gasteiger partial charge in [-0.05, 0) is 47.8 Å². The summed E-state index contributed by atoms with van der Waals surface area (Å²) >= 11 is 9.44. The summed E-state index contributed by atoms with van der Waals surface area (Å²) in [5, 5.41) is 3.99. The number of H-pyrrole nitrogens is 1. The van der Waals surface area contributed by atoms with Crippen molar-refractivity contribution >= 4 is 45.7 Å². The molecular formula is C17H11ClN2S2. The molecule has 1 N–H and O–H groups in total. The molecular weight excluding hydrogens is 332 g/mol. The molecule has 0 saturated carbocycles. The van der Waals surface area contributed by atoms with Crippen molar-refractivity contribution in [3.63, 3.8) is 0 Å². The Balaban J connectivity index is 1.87. The van der Waals surface area contributed by atoms with Crippen LogP contribution in [0.2, 0.25) is 5.02 Å². The summed E-state index contributed by atoms with van der Waals surface area (Å²) in [5.74, 6) is 0. The van der Waals surface area contributed by atoms with Crippen LogP contribution in [0, 0.1) is 0 Å².